The van der Waals surface area contributed by atoms with Crippen molar-refractivity contribution in [2.75, 3.05) is 0 Å². The second-order valence-electron chi connectivity index (χ2n) is 6.65. The third-order valence-corrected chi connectivity index (χ3v) is 5.07. The van der Waals surface area contributed by atoms with Gasteiger partial charge in [0.2, 0.25) is 5.91 Å². The van der Waals surface area contributed by atoms with Crippen molar-refractivity contribution in [3.05, 3.63) is 0 Å². The molecule has 0 aromatic heterocycles. The number of nitrogens with zero attached hydrogens (tertiary/aromatic N) is 1. The van der Waals surface area contributed by atoms with Crippen molar-refractivity contribution in [1.29, 1.82) is 0 Å². The summed E-state index contributed by atoms with van der Waals surface area (Å²) in [5, 5.41) is 9.42. The number of hydrogen-bond acceptors (Lipinski definition) is 2. The van der Waals surface area contributed by atoms with Crippen molar-refractivity contribution in [3.8, 4) is 0 Å². The minimum absolute atomic E-state index is 0.0248. The number of fused-ring (bicyclic) bond motifs is 1. The number of carbonyl (C=O) groups is 2. The third kappa shape index (κ3) is 2.49. The van der Waals surface area contributed by atoms with Gasteiger partial charge in [0.1, 0.15) is 6.04 Å². The standard InChI is InChI=1S/C15H25NO3/c1-4-15(2,3)14(19)16-11-8-6-5-7-10(11)9-12(16)13(17)18/h10-12H,4-9H2,1-3H3,(H,17,18). The Balaban J connectivity index is 2.27. The summed E-state index contributed by atoms with van der Waals surface area (Å²) in [6.07, 6.45) is 5.72. The summed E-state index contributed by atoms with van der Waals surface area (Å²) in [5.41, 5.74) is -0.458. The monoisotopic (exact) mass is 267 g/mol. The summed E-state index contributed by atoms with van der Waals surface area (Å²) in [4.78, 5) is 25.9. The van der Waals surface area contributed by atoms with Gasteiger partial charge in [0.15, 0.2) is 0 Å². The molecule has 19 heavy (non-hydrogen) atoms. The van der Waals surface area contributed by atoms with Crippen molar-refractivity contribution < 1.29 is 14.7 Å². The number of aliphatic carboxylic acids is 1. The van der Waals surface area contributed by atoms with Crippen molar-refractivity contribution in [3.63, 3.8) is 0 Å². The summed E-state index contributed by atoms with van der Waals surface area (Å²) in [6, 6.07) is -0.445. The largest absolute Gasteiger partial charge is 0.480 e. The second kappa shape index (κ2) is 5.14. The summed E-state index contributed by atoms with van der Waals surface area (Å²) >= 11 is 0. The smallest absolute Gasteiger partial charge is 0.326 e. The van der Waals surface area contributed by atoms with Crippen LogP contribution in [0.5, 0.6) is 0 Å². The van der Waals surface area contributed by atoms with Crippen molar-refractivity contribution in [2.24, 2.45) is 11.3 Å². The Morgan fingerprint density at radius 1 is 1.26 bits per heavy atom. The van der Waals surface area contributed by atoms with Crippen LogP contribution in [0.15, 0.2) is 0 Å². The number of amides is 1. The van der Waals surface area contributed by atoms with Crippen LogP contribution >= 0.6 is 0 Å². The van der Waals surface area contributed by atoms with Crippen molar-refractivity contribution >= 4 is 11.9 Å². The number of hydrogen-bond donors (Lipinski definition) is 1. The van der Waals surface area contributed by atoms with Gasteiger partial charge in [-0.25, -0.2) is 4.79 Å². The van der Waals surface area contributed by atoms with Crippen LogP contribution in [0.25, 0.3) is 0 Å². The van der Waals surface area contributed by atoms with E-state index < -0.39 is 17.4 Å². The highest BCUT2D eigenvalue weighted by Gasteiger charge is 2.49. The Morgan fingerprint density at radius 3 is 2.47 bits per heavy atom. The Kier molecular flexibility index (Phi) is 3.88. The molecular weight excluding hydrogens is 242 g/mol. The van der Waals surface area contributed by atoms with E-state index >= 15 is 0 Å². The first-order valence-electron chi connectivity index (χ1n) is 7.44. The highest BCUT2D eigenvalue weighted by atomic mass is 16.4. The van der Waals surface area contributed by atoms with Gasteiger partial charge < -0.3 is 10.0 Å². The molecule has 1 amide bonds. The molecule has 4 heteroatoms. The zero-order chi connectivity index (χ0) is 14.2. The Hall–Kier alpha value is -1.06. The van der Waals surface area contributed by atoms with Crippen LogP contribution in [0.1, 0.15) is 59.3 Å². The topological polar surface area (TPSA) is 57.6 Å². The molecule has 2 fully saturated rings. The molecule has 1 aliphatic carbocycles. The van der Waals surface area contributed by atoms with Gasteiger partial charge in [-0.15, -0.1) is 0 Å². The molecule has 0 spiro atoms. The van der Waals surface area contributed by atoms with E-state index in [9.17, 15) is 14.7 Å². The third-order valence-electron chi connectivity index (χ3n) is 5.07. The molecule has 0 radical (unpaired) electrons. The van der Waals surface area contributed by atoms with E-state index in [-0.39, 0.29) is 11.9 Å². The molecule has 0 aromatic carbocycles. The number of carboxylic acid groups (broad SMARTS) is 1. The SMILES string of the molecule is CCC(C)(C)C(=O)N1C(C(=O)O)CC2CCCCC21. The van der Waals surface area contributed by atoms with Gasteiger partial charge in [-0.2, -0.15) is 0 Å². The van der Waals surface area contributed by atoms with Gasteiger partial charge >= 0.3 is 5.97 Å². The molecule has 4 nitrogen and oxygen atoms in total. The van der Waals surface area contributed by atoms with Gasteiger partial charge in [0.25, 0.3) is 0 Å². The quantitative estimate of drug-likeness (QED) is 0.855. The van der Waals surface area contributed by atoms with Gasteiger partial charge in [-0.1, -0.05) is 33.6 Å². The Bertz CT molecular complexity index is 378. The molecule has 3 atom stereocenters. The van der Waals surface area contributed by atoms with Crippen LogP contribution in [0, 0.1) is 11.3 Å². The number of rotatable bonds is 3. The summed E-state index contributed by atoms with van der Waals surface area (Å²) in [5.74, 6) is -0.419. The molecule has 3 unspecified atom stereocenters. The average molecular weight is 267 g/mol. The zero-order valence-corrected chi connectivity index (χ0v) is 12.2. The predicted octanol–water partition coefficient (Wildman–Crippen LogP) is 2.67. The summed E-state index contributed by atoms with van der Waals surface area (Å²) in [6.45, 7) is 5.83. The van der Waals surface area contributed by atoms with E-state index in [4.69, 9.17) is 0 Å². The lowest BCUT2D eigenvalue weighted by atomic mass is 9.83. The van der Waals surface area contributed by atoms with Gasteiger partial charge in [-0.3, -0.25) is 4.79 Å². The van der Waals surface area contributed by atoms with Crippen LogP contribution in [-0.2, 0) is 9.59 Å². The fourth-order valence-electron chi connectivity index (χ4n) is 3.47. The first-order valence-corrected chi connectivity index (χ1v) is 7.44. The maximum Gasteiger partial charge on any atom is 0.326 e. The highest BCUT2D eigenvalue weighted by molar-refractivity contribution is 5.88. The minimum Gasteiger partial charge on any atom is -0.480 e. The molecular formula is C15H25NO3. The van der Waals surface area contributed by atoms with E-state index in [0.717, 1.165) is 25.7 Å². The van der Waals surface area contributed by atoms with Crippen LogP contribution in [0.3, 0.4) is 0 Å². The van der Waals surface area contributed by atoms with Gasteiger partial charge in [0.05, 0.1) is 0 Å². The summed E-state index contributed by atoms with van der Waals surface area (Å²) < 4.78 is 0. The van der Waals surface area contributed by atoms with Crippen molar-refractivity contribution in [2.45, 2.75) is 71.4 Å². The summed E-state index contributed by atoms with van der Waals surface area (Å²) in [7, 11) is 0. The van der Waals surface area contributed by atoms with Crippen LogP contribution in [0.4, 0.5) is 0 Å². The number of carboxylic acids is 1. The maximum absolute atomic E-state index is 12.7. The Morgan fingerprint density at radius 2 is 1.89 bits per heavy atom. The number of likely N-dealkylation sites (tertiary alicyclic amines) is 1. The molecule has 1 aliphatic heterocycles. The van der Waals surface area contributed by atoms with Crippen molar-refractivity contribution in [1.82, 2.24) is 4.90 Å². The average Bonchev–Trinajstić information content (AvgIpc) is 2.77. The lowest BCUT2D eigenvalue weighted by Crippen LogP contribution is -2.51. The van der Waals surface area contributed by atoms with Gasteiger partial charge in [-0.05, 0) is 31.6 Å². The maximum atomic E-state index is 12.7. The van der Waals surface area contributed by atoms with E-state index in [0.29, 0.717) is 12.3 Å². The van der Waals surface area contributed by atoms with Crippen LogP contribution in [-0.4, -0.2) is 34.0 Å². The van der Waals surface area contributed by atoms with E-state index in [1.165, 1.54) is 6.42 Å². The molecule has 108 valence electrons. The minimum atomic E-state index is -0.838. The van der Waals surface area contributed by atoms with E-state index in [1.54, 1.807) is 4.90 Å². The first-order chi connectivity index (χ1) is 8.88. The zero-order valence-electron chi connectivity index (χ0n) is 12.2. The van der Waals surface area contributed by atoms with Gasteiger partial charge in [0, 0.05) is 11.5 Å². The first kappa shape index (κ1) is 14.4. The lowest BCUT2D eigenvalue weighted by molar-refractivity contribution is -0.154. The van der Waals surface area contributed by atoms with E-state index in [1.807, 2.05) is 20.8 Å². The Labute approximate surface area is 115 Å². The molecule has 1 N–H and O–H groups in total. The normalized spacial score (nSPS) is 31.1. The molecule has 1 heterocycles. The van der Waals surface area contributed by atoms with Crippen LogP contribution < -0.4 is 0 Å². The number of carbonyl (C=O) groups excluding carboxylic acids is 1. The fourth-order valence-corrected chi connectivity index (χ4v) is 3.47. The molecule has 1 saturated heterocycles. The molecule has 2 aliphatic rings. The molecule has 0 aromatic rings. The fraction of sp³-hybridized carbons (Fsp3) is 0.867. The van der Waals surface area contributed by atoms with E-state index in [2.05, 4.69) is 0 Å². The highest BCUT2D eigenvalue weighted by Crippen LogP contribution is 2.42. The molecule has 2 rings (SSSR count). The van der Waals surface area contributed by atoms with Crippen LogP contribution in [0.2, 0.25) is 0 Å². The molecule has 1 saturated carbocycles. The molecule has 0 bridgehead atoms. The predicted molar refractivity (Wildman–Crippen MR) is 72.7 cm³/mol. The second-order valence-corrected chi connectivity index (χ2v) is 6.65. The lowest BCUT2D eigenvalue weighted by Gasteiger charge is -2.37.